The largest absolute Gasteiger partial charge is 0.444 e. The minimum atomic E-state index is -0.460. The number of hydrogen-bond donors (Lipinski definition) is 2. The lowest BCUT2D eigenvalue weighted by molar-refractivity contribution is 0.0410. The van der Waals surface area contributed by atoms with Gasteiger partial charge in [0.05, 0.1) is 5.54 Å². The summed E-state index contributed by atoms with van der Waals surface area (Å²) in [7, 11) is 0. The molecule has 1 aliphatic carbocycles. The minimum Gasteiger partial charge on any atom is -0.444 e. The summed E-state index contributed by atoms with van der Waals surface area (Å²) in [5, 5.41) is 6.50. The maximum absolute atomic E-state index is 12.0. The van der Waals surface area contributed by atoms with Gasteiger partial charge < -0.3 is 15.4 Å². The number of carbonyl (C=O) groups is 1. The second kappa shape index (κ2) is 4.57. The number of hydrogen-bond acceptors (Lipinski definition) is 3. The Morgan fingerprint density at radius 1 is 1.39 bits per heavy atom. The summed E-state index contributed by atoms with van der Waals surface area (Å²) in [5.41, 5.74) is -0.744. The fraction of sp³-hybridized carbons (Fsp3) is 0.786. The first-order chi connectivity index (χ1) is 8.37. The Labute approximate surface area is 109 Å². The molecule has 4 nitrogen and oxygen atoms in total. The van der Waals surface area contributed by atoms with E-state index in [4.69, 9.17) is 4.74 Å². The van der Waals surface area contributed by atoms with Gasteiger partial charge in [0, 0.05) is 13.1 Å². The maximum atomic E-state index is 12.0. The van der Waals surface area contributed by atoms with Crippen molar-refractivity contribution >= 4 is 6.09 Å². The van der Waals surface area contributed by atoms with Crippen LogP contribution in [0.1, 0.15) is 33.6 Å². The second-order valence-corrected chi connectivity index (χ2v) is 6.39. The van der Waals surface area contributed by atoms with E-state index >= 15 is 0 Å². The molecule has 0 aromatic heterocycles. The van der Waals surface area contributed by atoms with Gasteiger partial charge in [0.25, 0.3) is 0 Å². The quantitative estimate of drug-likeness (QED) is 0.740. The lowest BCUT2D eigenvalue weighted by Gasteiger charge is -2.42. The van der Waals surface area contributed by atoms with E-state index in [1.807, 2.05) is 26.8 Å². The molecule has 2 rings (SSSR count). The molecule has 1 heterocycles. The predicted molar refractivity (Wildman–Crippen MR) is 71.4 cm³/mol. The zero-order chi connectivity index (χ0) is 13.4. The topological polar surface area (TPSA) is 50.4 Å². The molecule has 0 radical (unpaired) electrons. The van der Waals surface area contributed by atoms with E-state index in [-0.39, 0.29) is 11.6 Å². The van der Waals surface area contributed by atoms with Crippen molar-refractivity contribution in [2.24, 2.45) is 11.8 Å². The van der Waals surface area contributed by atoms with E-state index in [1.54, 1.807) is 0 Å². The van der Waals surface area contributed by atoms with Crippen molar-refractivity contribution in [1.29, 1.82) is 0 Å². The Hall–Kier alpha value is -1.03. The first-order valence-electron chi connectivity index (χ1n) is 6.73. The summed E-state index contributed by atoms with van der Waals surface area (Å²) >= 11 is 0. The molecular weight excluding hydrogens is 228 g/mol. The van der Waals surface area contributed by atoms with Gasteiger partial charge >= 0.3 is 6.09 Å². The Kier molecular flexibility index (Phi) is 3.41. The van der Waals surface area contributed by atoms with Gasteiger partial charge in [-0.3, -0.25) is 0 Å². The highest BCUT2D eigenvalue weighted by atomic mass is 16.6. The molecule has 0 spiro atoms. The van der Waals surface area contributed by atoms with Crippen molar-refractivity contribution in [2.45, 2.75) is 44.8 Å². The Balaban J connectivity index is 2.10. The number of carbonyl (C=O) groups excluding carboxylic acids is 1. The highest BCUT2D eigenvalue weighted by Crippen LogP contribution is 2.43. The van der Waals surface area contributed by atoms with E-state index in [1.165, 1.54) is 0 Å². The van der Waals surface area contributed by atoms with E-state index in [9.17, 15) is 4.79 Å². The molecular formula is C14H24N2O2. The summed E-state index contributed by atoms with van der Waals surface area (Å²) < 4.78 is 5.37. The molecule has 0 aromatic rings. The fourth-order valence-corrected chi connectivity index (χ4v) is 3.26. The van der Waals surface area contributed by atoms with Crippen LogP contribution in [0.25, 0.3) is 0 Å². The molecule has 1 saturated carbocycles. The highest BCUT2D eigenvalue weighted by Gasteiger charge is 2.51. The van der Waals surface area contributed by atoms with Gasteiger partial charge in [-0.1, -0.05) is 6.08 Å². The number of piperidine rings is 1. The van der Waals surface area contributed by atoms with Crippen LogP contribution in [0, 0.1) is 11.8 Å². The highest BCUT2D eigenvalue weighted by molar-refractivity contribution is 5.69. The van der Waals surface area contributed by atoms with Gasteiger partial charge in [0.1, 0.15) is 5.60 Å². The van der Waals surface area contributed by atoms with Crippen molar-refractivity contribution < 1.29 is 9.53 Å². The summed E-state index contributed by atoms with van der Waals surface area (Å²) in [6.07, 6.45) is 3.86. The number of rotatable bonds is 2. The van der Waals surface area contributed by atoms with E-state index < -0.39 is 5.60 Å². The lowest BCUT2D eigenvalue weighted by Crippen LogP contribution is -2.61. The average molecular weight is 252 g/mol. The molecule has 0 aromatic carbocycles. The number of nitrogens with one attached hydrogen (secondary N) is 2. The second-order valence-electron chi connectivity index (χ2n) is 6.39. The van der Waals surface area contributed by atoms with Crippen molar-refractivity contribution in [2.75, 3.05) is 13.1 Å². The van der Waals surface area contributed by atoms with Gasteiger partial charge in [-0.25, -0.2) is 4.79 Å². The van der Waals surface area contributed by atoms with Crippen LogP contribution in [0.5, 0.6) is 0 Å². The van der Waals surface area contributed by atoms with Crippen LogP contribution in [0.15, 0.2) is 12.7 Å². The van der Waals surface area contributed by atoms with Crippen LogP contribution < -0.4 is 10.6 Å². The molecule has 1 saturated heterocycles. The Morgan fingerprint density at radius 2 is 1.94 bits per heavy atom. The smallest absolute Gasteiger partial charge is 0.408 e. The molecule has 2 fully saturated rings. The molecule has 4 heteroatoms. The van der Waals surface area contributed by atoms with Crippen LogP contribution in [-0.2, 0) is 4.74 Å². The molecule has 2 N–H and O–H groups in total. The molecule has 1 amide bonds. The number of fused-ring (bicyclic) bond motifs is 2. The van der Waals surface area contributed by atoms with Crippen LogP contribution in [0.2, 0.25) is 0 Å². The SMILES string of the molecule is C=C[C@@]1(NC(=O)OC(C)(C)C)[C@@H]2CC[C@H]1CNC2. The normalized spacial score (nSPS) is 35.1. The first kappa shape index (κ1) is 13.4. The number of ether oxygens (including phenoxy) is 1. The molecule has 3 atom stereocenters. The number of alkyl carbamates (subject to hydrolysis) is 1. The third-order valence-corrected chi connectivity index (χ3v) is 4.05. The third-order valence-electron chi connectivity index (χ3n) is 4.05. The minimum absolute atomic E-state index is 0.284. The Morgan fingerprint density at radius 3 is 2.39 bits per heavy atom. The van der Waals surface area contributed by atoms with Crippen LogP contribution in [0.4, 0.5) is 4.79 Å². The zero-order valence-corrected chi connectivity index (χ0v) is 11.6. The zero-order valence-electron chi connectivity index (χ0n) is 11.6. The summed E-state index contributed by atoms with van der Waals surface area (Å²) in [6, 6.07) is 0. The van der Waals surface area contributed by atoms with Gasteiger partial charge in [0.15, 0.2) is 0 Å². The molecule has 0 unspecified atom stereocenters. The number of amides is 1. The lowest BCUT2D eigenvalue weighted by atomic mass is 9.78. The standard InChI is InChI=1S/C14H24N2O2/c1-5-14(16-12(17)18-13(2,3)4)10-6-7-11(14)9-15-8-10/h5,10-11,15H,1,6-9H2,2-4H3,(H,16,17)/t10-,11+,14-. The van der Waals surface area contributed by atoms with Gasteiger partial charge in [-0.05, 0) is 45.4 Å². The summed E-state index contributed by atoms with van der Waals surface area (Å²) in [6.45, 7) is 11.5. The summed E-state index contributed by atoms with van der Waals surface area (Å²) in [4.78, 5) is 12.0. The van der Waals surface area contributed by atoms with E-state index in [0.29, 0.717) is 11.8 Å². The van der Waals surface area contributed by atoms with Gasteiger partial charge in [-0.15, -0.1) is 6.58 Å². The molecule has 102 valence electrons. The fourth-order valence-electron chi connectivity index (χ4n) is 3.26. The van der Waals surface area contributed by atoms with Crippen molar-refractivity contribution in [3.8, 4) is 0 Å². The van der Waals surface area contributed by atoms with Crippen LogP contribution in [-0.4, -0.2) is 30.3 Å². The van der Waals surface area contributed by atoms with E-state index in [2.05, 4.69) is 17.2 Å². The molecule has 18 heavy (non-hydrogen) atoms. The molecule has 1 aliphatic heterocycles. The predicted octanol–water partition coefficient (Wildman–Crippen LogP) is 2.07. The maximum Gasteiger partial charge on any atom is 0.408 e. The van der Waals surface area contributed by atoms with Crippen molar-refractivity contribution in [3.63, 3.8) is 0 Å². The van der Waals surface area contributed by atoms with Crippen LogP contribution in [0.3, 0.4) is 0 Å². The Bertz CT molecular complexity index is 330. The van der Waals surface area contributed by atoms with Gasteiger partial charge in [0.2, 0.25) is 0 Å². The molecule has 2 aliphatic rings. The summed E-state index contributed by atoms with van der Waals surface area (Å²) in [5.74, 6) is 0.863. The van der Waals surface area contributed by atoms with Crippen LogP contribution >= 0.6 is 0 Å². The first-order valence-corrected chi connectivity index (χ1v) is 6.73. The average Bonchev–Trinajstić information content (AvgIpc) is 2.47. The van der Waals surface area contributed by atoms with E-state index in [0.717, 1.165) is 25.9 Å². The van der Waals surface area contributed by atoms with Crippen molar-refractivity contribution in [1.82, 2.24) is 10.6 Å². The monoisotopic (exact) mass is 252 g/mol. The third kappa shape index (κ3) is 2.39. The van der Waals surface area contributed by atoms with Gasteiger partial charge in [-0.2, -0.15) is 0 Å². The molecule has 2 bridgehead atoms. The van der Waals surface area contributed by atoms with Crippen molar-refractivity contribution in [3.05, 3.63) is 12.7 Å².